The third-order valence-corrected chi connectivity index (χ3v) is 6.91. The predicted molar refractivity (Wildman–Crippen MR) is 132 cm³/mol. The van der Waals surface area contributed by atoms with Crippen molar-refractivity contribution in [2.75, 3.05) is 30.8 Å². The molecular weight excluding hydrogens is 414 g/mol. The van der Waals surface area contributed by atoms with Gasteiger partial charge in [-0.1, -0.05) is 31.9 Å². The minimum absolute atomic E-state index is 0.0682. The minimum Gasteiger partial charge on any atom is -0.387 e. The number of rotatable bonds is 7. The summed E-state index contributed by atoms with van der Waals surface area (Å²) in [6.07, 6.45) is 8.72. The van der Waals surface area contributed by atoms with E-state index in [4.69, 9.17) is 0 Å². The third kappa shape index (κ3) is 5.64. The Morgan fingerprint density at radius 3 is 2.39 bits per heavy atom. The van der Waals surface area contributed by atoms with E-state index < -0.39 is 0 Å². The maximum atomic E-state index is 12.7. The van der Waals surface area contributed by atoms with E-state index in [0.29, 0.717) is 23.7 Å². The number of hydrogen-bond donors (Lipinski definition) is 3. The number of nitrogens with zero attached hydrogens (tertiary/aromatic N) is 2. The summed E-state index contributed by atoms with van der Waals surface area (Å²) in [5, 5.41) is 9.60. The fraction of sp³-hybridized carbons (Fsp3) is 0.500. The van der Waals surface area contributed by atoms with Crippen LogP contribution in [-0.2, 0) is 4.79 Å². The van der Waals surface area contributed by atoms with Crippen molar-refractivity contribution < 1.29 is 9.59 Å². The van der Waals surface area contributed by atoms with E-state index in [1.54, 1.807) is 6.20 Å². The Kier molecular flexibility index (Phi) is 7.47. The number of benzene rings is 1. The molecule has 0 radical (unpaired) electrons. The van der Waals surface area contributed by atoms with Crippen LogP contribution in [0.25, 0.3) is 0 Å². The first-order valence-corrected chi connectivity index (χ1v) is 12.2. The number of hydrogen-bond acceptors (Lipinski definition) is 5. The second-order valence-corrected chi connectivity index (χ2v) is 9.08. The van der Waals surface area contributed by atoms with Crippen LogP contribution in [0.2, 0.25) is 0 Å². The predicted octanol–water partition coefficient (Wildman–Crippen LogP) is 4.66. The minimum atomic E-state index is -0.0682. The summed E-state index contributed by atoms with van der Waals surface area (Å²) in [4.78, 5) is 31.0. The number of aromatic nitrogens is 1. The Hall–Kier alpha value is -3.09. The standard InChI is InChI=1S/C26H35N5O2/c1-3-25(32)31-14-12-19(13-15-31)18-8-10-21(11-9-18)29-24-16-23(27-2)22(17-28-24)26(33)30-20-6-4-5-7-20/h8-11,16-17,19-20H,3-7,12-15H2,1-2H3,(H,30,33)(H2,27,28,29). The molecule has 2 fully saturated rings. The number of anilines is 3. The van der Waals surface area contributed by atoms with E-state index in [-0.39, 0.29) is 17.9 Å². The van der Waals surface area contributed by atoms with Gasteiger partial charge in [-0.3, -0.25) is 9.59 Å². The Bertz CT molecular complexity index is 961. The highest BCUT2D eigenvalue weighted by atomic mass is 16.2. The highest BCUT2D eigenvalue weighted by Gasteiger charge is 2.23. The molecule has 7 nitrogen and oxygen atoms in total. The van der Waals surface area contributed by atoms with Crippen LogP contribution in [0.15, 0.2) is 36.5 Å². The molecule has 4 rings (SSSR count). The zero-order valence-corrected chi connectivity index (χ0v) is 19.7. The Morgan fingerprint density at radius 1 is 1.06 bits per heavy atom. The zero-order chi connectivity index (χ0) is 23.2. The molecule has 1 aliphatic heterocycles. The molecule has 3 N–H and O–H groups in total. The number of nitrogens with one attached hydrogen (secondary N) is 3. The van der Waals surface area contributed by atoms with Crippen LogP contribution in [0.5, 0.6) is 0 Å². The van der Waals surface area contributed by atoms with Crippen molar-refractivity contribution in [1.29, 1.82) is 0 Å². The van der Waals surface area contributed by atoms with Gasteiger partial charge in [-0.15, -0.1) is 0 Å². The molecular formula is C26H35N5O2. The van der Waals surface area contributed by atoms with Crippen molar-refractivity contribution >= 4 is 29.0 Å². The molecule has 0 atom stereocenters. The lowest BCUT2D eigenvalue weighted by Crippen LogP contribution is -2.37. The Balaban J connectivity index is 1.36. The van der Waals surface area contributed by atoms with Crippen LogP contribution >= 0.6 is 0 Å². The van der Waals surface area contributed by atoms with Gasteiger partial charge in [-0.05, 0) is 49.3 Å². The molecule has 176 valence electrons. The average Bonchev–Trinajstić information content (AvgIpc) is 3.37. The molecule has 2 heterocycles. The van der Waals surface area contributed by atoms with Gasteiger partial charge in [0.25, 0.3) is 5.91 Å². The van der Waals surface area contributed by atoms with Gasteiger partial charge < -0.3 is 20.9 Å². The number of likely N-dealkylation sites (tertiary alicyclic amines) is 1. The van der Waals surface area contributed by atoms with E-state index >= 15 is 0 Å². The maximum Gasteiger partial charge on any atom is 0.255 e. The fourth-order valence-corrected chi connectivity index (χ4v) is 4.92. The van der Waals surface area contributed by atoms with Gasteiger partial charge in [0.05, 0.1) is 11.3 Å². The van der Waals surface area contributed by atoms with Gasteiger partial charge in [0.1, 0.15) is 5.82 Å². The molecule has 0 bridgehead atoms. The van der Waals surface area contributed by atoms with Crippen LogP contribution in [0.1, 0.15) is 73.7 Å². The molecule has 1 saturated heterocycles. The highest BCUT2D eigenvalue weighted by Crippen LogP contribution is 2.30. The van der Waals surface area contributed by atoms with Crippen molar-refractivity contribution in [3.8, 4) is 0 Å². The summed E-state index contributed by atoms with van der Waals surface area (Å²) in [7, 11) is 1.82. The molecule has 1 aromatic heterocycles. The number of amides is 2. The first-order valence-electron chi connectivity index (χ1n) is 12.2. The van der Waals surface area contributed by atoms with Crippen molar-refractivity contribution in [1.82, 2.24) is 15.2 Å². The summed E-state index contributed by atoms with van der Waals surface area (Å²) in [5.74, 6) is 1.37. The maximum absolute atomic E-state index is 12.7. The molecule has 2 amide bonds. The largest absolute Gasteiger partial charge is 0.387 e. The van der Waals surface area contributed by atoms with Crippen LogP contribution in [0.3, 0.4) is 0 Å². The van der Waals surface area contributed by atoms with Crippen LogP contribution in [0, 0.1) is 0 Å². The van der Waals surface area contributed by atoms with E-state index in [1.807, 2.05) is 24.9 Å². The average molecular weight is 450 g/mol. The molecule has 2 aliphatic rings. The van der Waals surface area contributed by atoms with Crippen molar-refractivity contribution in [3.05, 3.63) is 47.7 Å². The quantitative estimate of drug-likeness (QED) is 0.573. The van der Waals surface area contributed by atoms with Gasteiger partial charge in [0, 0.05) is 50.6 Å². The molecule has 33 heavy (non-hydrogen) atoms. The second-order valence-electron chi connectivity index (χ2n) is 9.08. The summed E-state index contributed by atoms with van der Waals surface area (Å²) in [6, 6.07) is 10.6. The zero-order valence-electron chi connectivity index (χ0n) is 19.7. The van der Waals surface area contributed by atoms with Crippen LogP contribution in [-0.4, -0.2) is 47.9 Å². The smallest absolute Gasteiger partial charge is 0.255 e. The van der Waals surface area contributed by atoms with Crippen LogP contribution < -0.4 is 16.0 Å². The number of carbonyl (C=O) groups is 2. The van der Waals surface area contributed by atoms with Gasteiger partial charge in [-0.25, -0.2) is 4.98 Å². The van der Waals surface area contributed by atoms with E-state index in [9.17, 15) is 9.59 Å². The Labute approximate surface area is 196 Å². The van der Waals surface area contributed by atoms with Gasteiger partial charge in [0.15, 0.2) is 0 Å². The molecule has 2 aromatic rings. The molecule has 0 unspecified atom stereocenters. The first kappa shape index (κ1) is 23.1. The SMILES string of the molecule is CCC(=O)N1CCC(c2ccc(Nc3cc(NC)c(C(=O)NC4CCCC4)cn3)cc2)CC1. The molecule has 1 saturated carbocycles. The van der Waals surface area contributed by atoms with Crippen molar-refractivity contribution in [2.45, 2.75) is 63.8 Å². The normalized spacial score (nSPS) is 17.1. The summed E-state index contributed by atoms with van der Waals surface area (Å²) in [5.41, 5.74) is 3.59. The Morgan fingerprint density at radius 2 is 1.76 bits per heavy atom. The number of carbonyl (C=O) groups excluding carboxylic acids is 2. The topological polar surface area (TPSA) is 86.4 Å². The van der Waals surface area contributed by atoms with E-state index in [1.165, 1.54) is 18.4 Å². The summed E-state index contributed by atoms with van der Waals surface area (Å²) < 4.78 is 0. The van der Waals surface area contributed by atoms with Gasteiger partial charge in [0.2, 0.25) is 5.91 Å². The van der Waals surface area contributed by atoms with Gasteiger partial charge >= 0.3 is 0 Å². The molecule has 7 heteroatoms. The molecule has 0 spiro atoms. The van der Waals surface area contributed by atoms with Crippen LogP contribution in [0.4, 0.5) is 17.2 Å². The lowest BCUT2D eigenvalue weighted by atomic mass is 9.89. The van der Waals surface area contributed by atoms with E-state index in [2.05, 4.69) is 45.2 Å². The third-order valence-electron chi connectivity index (χ3n) is 6.91. The summed E-state index contributed by atoms with van der Waals surface area (Å²) in [6.45, 7) is 3.61. The monoisotopic (exact) mass is 449 g/mol. The van der Waals surface area contributed by atoms with Gasteiger partial charge in [-0.2, -0.15) is 0 Å². The molecule has 1 aromatic carbocycles. The van der Waals surface area contributed by atoms with Crippen molar-refractivity contribution in [3.63, 3.8) is 0 Å². The number of piperidine rings is 1. The summed E-state index contributed by atoms with van der Waals surface area (Å²) >= 11 is 0. The fourth-order valence-electron chi connectivity index (χ4n) is 4.92. The van der Waals surface area contributed by atoms with Crippen molar-refractivity contribution in [2.24, 2.45) is 0 Å². The highest BCUT2D eigenvalue weighted by molar-refractivity contribution is 6.00. The first-order chi connectivity index (χ1) is 16.1. The lowest BCUT2D eigenvalue weighted by molar-refractivity contribution is -0.131. The molecule has 1 aliphatic carbocycles. The second kappa shape index (κ2) is 10.7. The van der Waals surface area contributed by atoms with E-state index in [0.717, 1.165) is 50.1 Å². The number of pyridine rings is 1. The lowest BCUT2D eigenvalue weighted by Gasteiger charge is -2.32.